The molecular weight excluding hydrogens is 408 g/mol. The number of fused-ring (bicyclic) bond motifs is 2. The van der Waals surface area contributed by atoms with E-state index < -0.39 is 0 Å². The molecule has 33 heavy (non-hydrogen) atoms. The number of hydrogen-bond donors (Lipinski definition) is 2. The largest absolute Gasteiger partial charge is 0.326 e. The van der Waals surface area contributed by atoms with Gasteiger partial charge in [-0.15, -0.1) is 0 Å². The fourth-order valence-electron chi connectivity index (χ4n) is 5.85. The first-order valence-corrected chi connectivity index (χ1v) is 13.0. The zero-order chi connectivity index (χ0) is 23.2. The lowest BCUT2D eigenvalue weighted by atomic mass is 9.78. The van der Waals surface area contributed by atoms with Crippen molar-refractivity contribution in [2.24, 2.45) is 0 Å². The van der Waals surface area contributed by atoms with E-state index in [-0.39, 0.29) is 5.69 Å². The molecule has 0 bridgehead atoms. The molecule has 0 radical (unpaired) electrons. The number of benzene rings is 2. The Morgan fingerprint density at radius 1 is 1.00 bits per heavy atom. The molecular formula is C28H40N4O. The quantitative estimate of drug-likeness (QED) is 0.552. The third kappa shape index (κ3) is 5.10. The van der Waals surface area contributed by atoms with Crippen LogP contribution in [0.15, 0.2) is 53.3 Å². The first-order valence-electron chi connectivity index (χ1n) is 13.0. The van der Waals surface area contributed by atoms with Crippen LogP contribution in [0.25, 0.3) is 11.0 Å². The van der Waals surface area contributed by atoms with Crippen molar-refractivity contribution in [1.82, 2.24) is 19.8 Å². The lowest BCUT2D eigenvalue weighted by molar-refractivity contribution is 0.184. The average Bonchev–Trinajstić information content (AvgIpc) is 3.21. The molecule has 5 rings (SSSR count). The Labute approximate surface area is 198 Å². The molecule has 1 fully saturated rings. The van der Waals surface area contributed by atoms with Gasteiger partial charge < -0.3 is 15.2 Å². The van der Waals surface area contributed by atoms with Gasteiger partial charge in [-0.05, 0) is 61.3 Å². The summed E-state index contributed by atoms with van der Waals surface area (Å²) in [5, 5.41) is 3.88. The number of para-hydroxylation sites is 2. The van der Waals surface area contributed by atoms with Gasteiger partial charge in [0.05, 0.1) is 11.0 Å². The molecule has 1 aliphatic heterocycles. The van der Waals surface area contributed by atoms with E-state index in [4.69, 9.17) is 0 Å². The molecule has 5 nitrogen and oxygen atoms in total. The van der Waals surface area contributed by atoms with E-state index >= 15 is 0 Å². The molecule has 1 aliphatic carbocycles. The van der Waals surface area contributed by atoms with Crippen molar-refractivity contribution < 1.29 is 0 Å². The maximum Gasteiger partial charge on any atom is 0.326 e. The number of rotatable bonds is 6. The zero-order valence-corrected chi connectivity index (χ0v) is 20.5. The minimum absolute atomic E-state index is 0.0319. The van der Waals surface area contributed by atoms with Gasteiger partial charge in [-0.25, -0.2) is 4.79 Å². The number of nitrogens with one attached hydrogen (secondary N) is 2. The van der Waals surface area contributed by atoms with Crippen LogP contribution in [0.2, 0.25) is 0 Å². The summed E-state index contributed by atoms with van der Waals surface area (Å²) in [6.45, 7) is 10.6. The van der Waals surface area contributed by atoms with E-state index in [2.05, 4.69) is 52.5 Å². The van der Waals surface area contributed by atoms with E-state index in [1.807, 2.05) is 36.6 Å². The first-order chi connectivity index (χ1) is 16.2. The lowest BCUT2D eigenvalue weighted by Crippen LogP contribution is -2.44. The Morgan fingerprint density at radius 3 is 2.52 bits per heavy atom. The second-order valence-corrected chi connectivity index (χ2v) is 9.20. The van der Waals surface area contributed by atoms with Gasteiger partial charge in [0, 0.05) is 38.3 Å². The van der Waals surface area contributed by atoms with Gasteiger partial charge in [0.2, 0.25) is 0 Å². The predicted octanol–water partition coefficient (Wildman–Crippen LogP) is 5.09. The molecule has 2 unspecified atom stereocenters. The van der Waals surface area contributed by atoms with Gasteiger partial charge >= 0.3 is 5.69 Å². The number of aryl methyl sites for hydroxylation is 1. The van der Waals surface area contributed by atoms with Crippen LogP contribution in [0, 0.1) is 0 Å². The van der Waals surface area contributed by atoms with E-state index in [9.17, 15) is 4.79 Å². The van der Waals surface area contributed by atoms with Gasteiger partial charge in [-0.2, -0.15) is 0 Å². The molecule has 3 aromatic rings. The molecule has 0 spiro atoms. The topological polar surface area (TPSA) is 53.1 Å². The second-order valence-electron chi connectivity index (χ2n) is 9.20. The Hall–Kier alpha value is -2.37. The molecule has 2 heterocycles. The summed E-state index contributed by atoms with van der Waals surface area (Å²) in [4.78, 5) is 18.1. The SMILES string of the molecule is CC.CCC1c2ccccc2CCC1NCCN1CCC(n2c(=O)[nH]c3ccccc32)CC1. The Bertz CT molecular complexity index is 1080. The van der Waals surface area contributed by atoms with Gasteiger partial charge in [-0.3, -0.25) is 4.57 Å². The molecule has 2 atom stereocenters. The van der Waals surface area contributed by atoms with Crippen molar-refractivity contribution >= 4 is 11.0 Å². The number of aromatic nitrogens is 2. The Kier molecular flexibility index (Phi) is 8.05. The summed E-state index contributed by atoms with van der Waals surface area (Å²) >= 11 is 0. The summed E-state index contributed by atoms with van der Waals surface area (Å²) in [6, 6.07) is 17.9. The van der Waals surface area contributed by atoms with Crippen LogP contribution in [0.1, 0.15) is 69.5 Å². The van der Waals surface area contributed by atoms with Crippen molar-refractivity contribution in [2.75, 3.05) is 26.2 Å². The number of piperidine rings is 1. The molecule has 0 amide bonds. The Morgan fingerprint density at radius 2 is 1.73 bits per heavy atom. The predicted molar refractivity (Wildman–Crippen MR) is 138 cm³/mol. The lowest BCUT2D eigenvalue weighted by Gasteiger charge is -2.36. The number of likely N-dealkylation sites (tertiary alicyclic amines) is 1. The summed E-state index contributed by atoms with van der Waals surface area (Å²) in [7, 11) is 0. The van der Waals surface area contributed by atoms with Crippen LogP contribution in [-0.4, -0.2) is 46.7 Å². The normalized spacial score (nSPS) is 21.4. The Balaban J connectivity index is 0.00000126. The number of imidazole rings is 1. The van der Waals surface area contributed by atoms with Crippen molar-refractivity contribution in [3.05, 3.63) is 70.1 Å². The van der Waals surface area contributed by atoms with Gasteiger partial charge in [0.25, 0.3) is 0 Å². The summed E-state index contributed by atoms with van der Waals surface area (Å²) in [6.07, 6.45) is 5.70. The van der Waals surface area contributed by atoms with Gasteiger partial charge in [0.15, 0.2) is 0 Å². The highest BCUT2D eigenvalue weighted by Gasteiger charge is 2.28. The summed E-state index contributed by atoms with van der Waals surface area (Å²) in [5.74, 6) is 0.629. The van der Waals surface area contributed by atoms with E-state index in [0.717, 1.165) is 50.1 Å². The van der Waals surface area contributed by atoms with Crippen LogP contribution < -0.4 is 11.0 Å². The van der Waals surface area contributed by atoms with Crippen LogP contribution in [0.4, 0.5) is 0 Å². The number of aromatic amines is 1. The van der Waals surface area contributed by atoms with Gasteiger partial charge in [0.1, 0.15) is 0 Å². The molecule has 5 heteroatoms. The number of nitrogens with zero attached hydrogens (tertiary/aromatic N) is 2. The van der Waals surface area contributed by atoms with Crippen molar-refractivity contribution in [2.45, 2.75) is 70.9 Å². The van der Waals surface area contributed by atoms with E-state index in [1.165, 1.54) is 19.3 Å². The monoisotopic (exact) mass is 448 g/mol. The summed E-state index contributed by atoms with van der Waals surface area (Å²) < 4.78 is 1.98. The average molecular weight is 449 g/mol. The second kappa shape index (κ2) is 11.2. The highest BCUT2D eigenvalue weighted by Crippen LogP contribution is 2.34. The smallest absolute Gasteiger partial charge is 0.312 e. The maximum atomic E-state index is 12.5. The van der Waals surface area contributed by atoms with E-state index in [0.29, 0.717) is 18.0 Å². The maximum absolute atomic E-state index is 12.5. The van der Waals surface area contributed by atoms with Crippen LogP contribution in [-0.2, 0) is 6.42 Å². The minimum atomic E-state index is 0.0319. The third-order valence-electron chi connectivity index (χ3n) is 7.49. The molecule has 2 aliphatic rings. The fraction of sp³-hybridized carbons (Fsp3) is 0.536. The molecule has 178 valence electrons. The highest BCUT2D eigenvalue weighted by molar-refractivity contribution is 5.75. The van der Waals surface area contributed by atoms with Crippen LogP contribution >= 0.6 is 0 Å². The molecule has 1 saturated heterocycles. The molecule has 2 aromatic carbocycles. The van der Waals surface area contributed by atoms with Crippen LogP contribution in [0.5, 0.6) is 0 Å². The molecule has 2 N–H and O–H groups in total. The zero-order valence-electron chi connectivity index (χ0n) is 20.5. The number of hydrogen-bond acceptors (Lipinski definition) is 3. The highest BCUT2D eigenvalue weighted by atomic mass is 16.1. The van der Waals surface area contributed by atoms with Crippen molar-refractivity contribution in [3.8, 4) is 0 Å². The van der Waals surface area contributed by atoms with Gasteiger partial charge in [-0.1, -0.05) is 57.2 Å². The number of H-pyrrole nitrogens is 1. The van der Waals surface area contributed by atoms with Crippen molar-refractivity contribution in [3.63, 3.8) is 0 Å². The minimum Gasteiger partial charge on any atom is -0.312 e. The molecule has 1 aromatic heterocycles. The third-order valence-corrected chi connectivity index (χ3v) is 7.49. The first kappa shape index (κ1) is 23.8. The molecule has 0 saturated carbocycles. The van der Waals surface area contributed by atoms with Crippen LogP contribution in [0.3, 0.4) is 0 Å². The summed E-state index contributed by atoms with van der Waals surface area (Å²) in [5.41, 5.74) is 5.11. The standard InChI is InChI=1S/C26H34N4O.C2H6/c1-2-21-22-8-4-3-7-19(22)11-12-23(21)27-15-18-29-16-13-20(14-17-29)30-25-10-6-5-9-24(25)28-26(30)31;1-2/h3-10,20-21,23,27H,2,11-18H2,1H3,(H,28,31);1-2H3. The van der Waals surface area contributed by atoms with E-state index in [1.54, 1.807) is 11.1 Å². The van der Waals surface area contributed by atoms with Crippen molar-refractivity contribution in [1.29, 1.82) is 0 Å². The fourth-order valence-corrected chi connectivity index (χ4v) is 5.85.